The highest BCUT2D eigenvalue weighted by Gasteiger charge is 2.43. The molecule has 0 radical (unpaired) electrons. The van der Waals surface area contributed by atoms with Crippen LogP contribution in [0.3, 0.4) is 0 Å². The minimum Gasteiger partial charge on any atom is -0.373 e. The Morgan fingerprint density at radius 3 is 2.00 bits per heavy atom. The van der Waals surface area contributed by atoms with Gasteiger partial charge in [0.25, 0.3) is 0 Å². The first-order valence-electron chi connectivity index (χ1n) is 4.49. The summed E-state index contributed by atoms with van der Waals surface area (Å²) < 4.78 is 16.0. The van der Waals surface area contributed by atoms with Crippen LogP contribution in [-0.4, -0.2) is 29.4 Å². The van der Waals surface area contributed by atoms with Crippen LogP contribution in [0.25, 0.3) is 0 Å². The van der Waals surface area contributed by atoms with Crippen LogP contribution in [0, 0.1) is 0 Å². The number of hydrogen-bond acceptors (Lipinski definition) is 5. The fraction of sp³-hybridized carbons (Fsp3) is 0.333. The van der Waals surface area contributed by atoms with Gasteiger partial charge in [-0.1, -0.05) is 30.3 Å². The van der Waals surface area contributed by atoms with Gasteiger partial charge < -0.3 is 13.3 Å². The highest BCUT2D eigenvalue weighted by atomic mass is 28.4. The van der Waals surface area contributed by atoms with Crippen LogP contribution in [0.5, 0.6) is 0 Å². The first-order chi connectivity index (χ1) is 7.14. The standard InChI is InChI=1S/C9H16N2O3Si/c1-12-15(13-2,14-9(10)11)8-6-4-3-5-7-8/h3-7,9H,10-11H2,1-2H3. The van der Waals surface area contributed by atoms with E-state index < -0.39 is 15.2 Å². The Balaban J connectivity index is 3.00. The summed E-state index contributed by atoms with van der Waals surface area (Å²) in [6.07, 6.45) is -0.920. The maximum absolute atomic E-state index is 5.40. The number of nitrogens with two attached hydrogens (primary N) is 2. The zero-order chi connectivity index (χ0) is 11.3. The molecule has 0 aliphatic rings. The van der Waals surface area contributed by atoms with E-state index in [0.717, 1.165) is 5.19 Å². The van der Waals surface area contributed by atoms with E-state index in [9.17, 15) is 0 Å². The van der Waals surface area contributed by atoms with Crippen molar-refractivity contribution < 1.29 is 13.3 Å². The molecule has 15 heavy (non-hydrogen) atoms. The van der Waals surface area contributed by atoms with E-state index >= 15 is 0 Å². The van der Waals surface area contributed by atoms with E-state index in [-0.39, 0.29) is 0 Å². The Morgan fingerprint density at radius 1 is 1.07 bits per heavy atom. The molecule has 0 saturated heterocycles. The van der Waals surface area contributed by atoms with Crippen LogP contribution in [0.1, 0.15) is 0 Å². The summed E-state index contributed by atoms with van der Waals surface area (Å²) in [5.74, 6) is 0. The summed E-state index contributed by atoms with van der Waals surface area (Å²) in [5, 5.41) is 0.830. The summed E-state index contributed by atoms with van der Waals surface area (Å²) in [7, 11) is 0.105. The van der Waals surface area contributed by atoms with Crippen molar-refractivity contribution in [3.8, 4) is 0 Å². The van der Waals surface area contributed by atoms with Gasteiger partial charge in [0.1, 0.15) is 0 Å². The quantitative estimate of drug-likeness (QED) is 0.517. The van der Waals surface area contributed by atoms with E-state index in [4.69, 9.17) is 24.7 Å². The van der Waals surface area contributed by atoms with Crippen molar-refractivity contribution in [1.82, 2.24) is 0 Å². The Kier molecular flexibility index (Phi) is 4.39. The van der Waals surface area contributed by atoms with E-state index in [1.54, 1.807) is 0 Å². The molecule has 0 unspecified atom stereocenters. The molecule has 0 atom stereocenters. The fourth-order valence-electron chi connectivity index (χ4n) is 1.30. The third kappa shape index (κ3) is 2.85. The molecule has 0 bridgehead atoms. The smallest absolute Gasteiger partial charge is 0.373 e. The van der Waals surface area contributed by atoms with E-state index in [1.165, 1.54) is 14.2 Å². The first kappa shape index (κ1) is 12.3. The third-order valence-electron chi connectivity index (χ3n) is 1.96. The normalized spacial score (nSPS) is 12.1. The molecule has 4 N–H and O–H groups in total. The predicted octanol–water partition coefficient (Wildman–Crippen LogP) is -0.657. The van der Waals surface area contributed by atoms with Crippen LogP contribution >= 0.6 is 0 Å². The molecule has 0 heterocycles. The van der Waals surface area contributed by atoms with Crippen LogP contribution in [-0.2, 0) is 13.3 Å². The van der Waals surface area contributed by atoms with Crippen molar-refractivity contribution in [2.24, 2.45) is 11.5 Å². The molecule has 0 aromatic heterocycles. The average molecular weight is 228 g/mol. The van der Waals surface area contributed by atoms with Crippen LogP contribution < -0.4 is 16.7 Å². The fourth-order valence-corrected chi connectivity index (χ4v) is 3.23. The van der Waals surface area contributed by atoms with E-state index in [2.05, 4.69) is 0 Å². The van der Waals surface area contributed by atoms with Crippen molar-refractivity contribution in [3.05, 3.63) is 30.3 Å². The van der Waals surface area contributed by atoms with Gasteiger partial charge in [-0.05, 0) is 0 Å². The van der Waals surface area contributed by atoms with Crippen molar-refractivity contribution in [2.45, 2.75) is 6.35 Å². The molecule has 84 valence electrons. The zero-order valence-electron chi connectivity index (χ0n) is 8.84. The molecule has 1 rings (SSSR count). The second-order valence-electron chi connectivity index (χ2n) is 2.91. The second-order valence-corrected chi connectivity index (χ2v) is 5.65. The molecule has 0 spiro atoms. The largest absolute Gasteiger partial charge is 0.538 e. The minimum absolute atomic E-state index is 0.830. The SMILES string of the molecule is CO[Si](OC)(OC(N)N)c1ccccc1. The van der Waals surface area contributed by atoms with Crippen molar-refractivity contribution in [2.75, 3.05) is 14.2 Å². The molecule has 0 aliphatic carbocycles. The lowest BCUT2D eigenvalue weighted by Gasteiger charge is -2.27. The highest BCUT2D eigenvalue weighted by Crippen LogP contribution is 2.08. The summed E-state index contributed by atoms with van der Waals surface area (Å²) in [6.45, 7) is 0. The number of rotatable bonds is 5. The van der Waals surface area contributed by atoms with Gasteiger partial charge in [0.05, 0.1) is 0 Å². The highest BCUT2D eigenvalue weighted by molar-refractivity contribution is 6.75. The van der Waals surface area contributed by atoms with Gasteiger partial charge in [-0.25, -0.2) is 0 Å². The topological polar surface area (TPSA) is 79.7 Å². The molecular weight excluding hydrogens is 212 g/mol. The molecular formula is C9H16N2O3Si. The summed E-state index contributed by atoms with van der Waals surface area (Å²) in [5.41, 5.74) is 10.8. The lowest BCUT2D eigenvalue weighted by Crippen LogP contribution is -2.60. The lowest BCUT2D eigenvalue weighted by molar-refractivity contribution is 0.0736. The van der Waals surface area contributed by atoms with E-state index in [1.807, 2.05) is 30.3 Å². The van der Waals surface area contributed by atoms with Crippen molar-refractivity contribution in [1.29, 1.82) is 0 Å². The molecule has 0 saturated carbocycles. The average Bonchev–Trinajstić information content (AvgIpc) is 2.27. The van der Waals surface area contributed by atoms with Crippen molar-refractivity contribution in [3.63, 3.8) is 0 Å². The van der Waals surface area contributed by atoms with Crippen molar-refractivity contribution >= 4 is 14.0 Å². The van der Waals surface area contributed by atoms with Crippen LogP contribution in [0.4, 0.5) is 0 Å². The van der Waals surface area contributed by atoms with Gasteiger partial charge >= 0.3 is 8.80 Å². The van der Waals surface area contributed by atoms with Crippen LogP contribution in [0.15, 0.2) is 30.3 Å². The predicted molar refractivity (Wildman–Crippen MR) is 59.1 cm³/mol. The third-order valence-corrected chi connectivity index (χ3v) is 4.65. The first-order valence-corrected chi connectivity index (χ1v) is 6.22. The zero-order valence-corrected chi connectivity index (χ0v) is 9.84. The maximum Gasteiger partial charge on any atom is 0.538 e. The minimum atomic E-state index is -2.93. The maximum atomic E-state index is 5.40. The van der Waals surface area contributed by atoms with Gasteiger partial charge in [-0.15, -0.1) is 0 Å². The van der Waals surface area contributed by atoms with Crippen LogP contribution in [0.2, 0.25) is 0 Å². The summed E-state index contributed by atoms with van der Waals surface area (Å²) in [4.78, 5) is 0. The van der Waals surface area contributed by atoms with Gasteiger partial charge in [0.2, 0.25) is 0 Å². The second kappa shape index (κ2) is 5.36. The summed E-state index contributed by atoms with van der Waals surface area (Å²) >= 11 is 0. The molecule has 1 aromatic carbocycles. The molecule has 0 fully saturated rings. The molecule has 0 aliphatic heterocycles. The number of hydrogen-bond donors (Lipinski definition) is 2. The summed E-state index contributed by atoms with van der Waals surface area (Å²) in [6, 6.07) is 9.38. The van der Waals surface area contributed by atoms with Gasteiger partial charge in [-0.3, -0.25) is 11.5 Å². The Hall–Kier alpha value is -0.763. The Bertz CT molecular complexity index is 291. The molecule has 1 aromatic rings. The van der Waals surface area contributed by atoms with Gasteiger partial charge in [-0.2, -0.15) is 0 Å². The molecule has 5 nitrogen and oxygen atoms in total. The lowest BCUT2D eigenvalue weighted by atomic mass is 10.4. The number of benzene rings is 1. The van der Waals surface area contributed by atoms with E-state index in [0.29, 0.717) is 0 Å². The molecule has 6 heteroatoms. The Morgan fingerprint density at radius 2 is 1.60 bits per heavy atom. The monoisotopic (exact) mass is 228 g/mol. The Labute approximate surface area is 90.3 Å². The molecule has 0 amide bonds. The van der Waals surface area contributed by atoms with Gasteiger partial charge in [0, 0.05) is 19.4 Å². The van der Waals surface area contributed by atoms with Gasteiger partial charge in [0.15, 0.2) is 6.35 Å².